The predicted octanol–water partition coefficient (Wildman–Crippen LogP) is 4.03. The monoisotopic (exact) mass is 1020 g/mol. The molecule has 0 unspecified atom stereocenters. The number of aromatic carboxylic acids is 1. The number of nitrogens with zero attached hydrogens (tertiary/aromatic N) is 6. The Bertz CT molecular complexity index is 3220. The smallest absolute Gasteiger partial charge is 0.870 e. The molecule has 2 saturated heterocycles. The summed E-state index contributed by atoms with van der Waals surface area (Å²) in [5, 5.41) is 40.0. The van der Waals surface area contributed by atoms with Gasteiger partial charge in [-0.3, -0.25) is 29.0 Å². The van der Waals surface area contributed by atoms with Crippen LogP contribution in [0.15, 0.2) is 58.4 Å². The number of aliphatic hydroxyl groups is 1. The van der Waals surface area contributed by atoms with Gasteiger partial charge in [0.1, 0.15) is 22.6 Å². The summed E-state index contributed by atoms with van der Waals surface area (Å²) in [5.41, 5.74) is 6.72. The van der Waals surface area contributed by atoms with Gasteiger partial charge in [-0.1, -0.05) is 0 Å². The summed E-state index contributed by atoms with van der Waals surface area (Å²) in [6, 6.07) is 16.6. The van der Waals surface area contributed by atoms with Gasteiger partial charge >= 0.3 is 30.8 Å². The van der Waals surface area contributed by atoms with E-state index in [0.29, 0.717) is 26.4 Å². The summed E-state index contributed by atoms with van der Waals surface area (Å²) < 4.78 is 32.7. The molecule has 12 aliphatic rings. The summed E-state index contributed by atoms with van der Waals surface area (Å²) in [6.45, 7) is 1.97. The molecule has 75 heavy (non-hydrogen) atoms. The fourth-order valence-electron chi connectivity index (χ4n) is 14.8. The first kappa shape index (κ1) is 52.3. The number of fused-ring (bicyclic) bond motifs is 14. The standard InChI is InChI=1S/C28H29N3O5.C27H27N3O5.CH4O.Li.H2O/c1-34-11-17-7-18-19(8-24(17)36-16-27-12-26(13-27,14-27)15-29)21-3-4-28(5-6-28)31(21)30-10-20(25(33)35-2)23(32)9-22(18)30;1-34-10-16-6-17-18(7-23(16)35-15-26-11-25(12-26,13-26)14-28)20-2-3-27(4-5-27)30(20)29-9-19(24(32)33)22(31)8-21(17)29;1-2;;/h7-10,21H,3-6,11-14,16H2,1-2H3;6-9,20H,2-5,10-13,15H2,1H3,(H,32,33);2H,1H3;;1H2/q;;;+1;/p-1/t21-,26?,27?;20-,25?,26?;;;/m11.../s1. The molecule has 2 aromatic carbocycles. The molecule has 4 aliphatic heterocycles. The molecule has 8 saturated carbocycles. The molecule has 10 fully saturated rings. The molecule has 6 heterocycles. The number of hydrogen-bond acceptors (Lipinski definition) is 15. The van der Waals surface area contributed by atoms with Crippen LogP contribution in [0.3, 0.4) is 0 Å². The average molecular weight is 1020 g/mol. The van der Waals surface area contributed by atoms with Crippen molar-refractivity contribution in [1.82, 2.24) is 9.35 Å². The first-order valence-corrected chi connectivity index (χ1v) is 25.5. The van der Waals surface area contributed by atoms with Crippen molar-refractivity contribution in [1.29, 1.82) is 10.5 Å². The van der Waals surface area contributed by atoms with Crippen LogP contribution in [0.4, 0.5) is 0 Å². The van der Waals surface area contributed by atoms with E-state index in [-0.39, 0.29) is 85.7 Å². The van der Waals surface area contributed by atoms with Gasteiger partial charge in [-0.2, -0.15) is 10.5 Å². The molecule has 16 rings (SSSR count). The van der Waals surface area contributed by atoms with Crippen LogP contribution in [0.25, 0.3) is 22.5 Å². The quantitative estimate of drug-likeness (QED) is 0.150. The zero-order valence-electron chi connectivity index (χ0n) is 43.2. The second-order valence-corrected chi connectivity index (χ2v) is 23.0. The van der Waals surface area contributed by atoms with E-state index < -0.39 is 17.4 Å². The number of benzene rings is 2. The summed E-state index contributed by atoms with van der Waals surface area (Å²) >= 11 is 0. The Labute approximate surface area is 446 Å². The Morgan fingerprint density at radius 3 is 1.40 bits per heavy atom. The number of aliphatic hydroxyl groups excluding tert-OH is 1. The molecule has 2 atom stereocenters. The first-order valence-electron chi connectivity index (χ1n) is 25.5. The second kappa shape index (κ2) is 18.3. The molecule has 4 bridgehead atoms. The van der Waals surface area contributed by atoms with Crippen molar-refractivity contribution in [3.05, 3.63) is 103 Å². The van der Waals surface area contributed by atoms with Crippen LogP contribution in [0, 0.1) is 44.3 Å². The van der Waals surface area contributed by atoms with Crippen LogP contribution < -0.4 is 49.2 Å². The molecule has 8 aliphatic carbocycles. The van der Waals surface area contributed by atoms with Crippen LogP contribution in [0.2, 0.25) is 0 Å². The van der Waals surface area contributed by atoms with Gasteiger partial charge in [0.05, 0.1) is 91.1 Å². The van der Waals surface area contributed by atoms with Crippen molar-refractivity contribution in [2.75, 3.05) is 51.7 Å². The third kappa shape index (κ3) is 7.84. The first-order chi connectivity index (χ1) is 35.2. The van der Waals surface area contributed by atoms with Gasteiger partial charge in [-0.25, -0.2) is 9.59 Å². The van der Waals surface area contributed by atoms with E-state index in [0.717, 1.165) is 153 Å². The van der Waals surface area contributed by atoms with Gasteiger partial charge in [-0.15, -0.1) is 0 Å². The number of methoxy groups -OCH3 is 3. The molecule has 18 nitrogen and oxygen atoms in total. The number of aromatic nitrogens is 2. The summed E-state index contributed by atoms with van der Waals surface area (Å²) in [5.74, 6) is -0.189. The van der Waals surface area contributed by atoms with Crippen LogP contribution in [0.5, 0.6) is 11.5 Å². The number of hydrogen-bond donors (Lipinski definition) is 2. The van der Waals surface area contributed by atoms with Crippen molar-refractivity contribution >= 4 is 11.9 Å². The fraction of sp³-hybridized carbons (Fsp3) is 0.536. The number of carbonyl (C=O) groups excluding carboxylic acids is 1. The molecule has 4 aromatic rings. The molecule has 388 valence electrons. The number of ether oxygens (including phenoxy) is 5. The van der Waals surface area contributed by atoms with Crippen LogP contribution in [-0.2, 0) is 27.4 Å². The van der Waals surface area contributed by atoms with Crippen LogP contribution in [-0.4, -0.2) is 89.7 Å². The number of nitriles is 2. The SMILES string of the molecule is CO.COCc1cc2c(cc1OCC13CC(C#N)(C1)C3)[C@H]1CCC3(CC3)N1n1cc(C(=O)O)c(=O)cc1-2.COCc1cc2c(cc1OCC13CC(C#N)(C1)C3)[C@H]1CCC3(CC3)N1n1cc(C(=O)OC)c(=O)cc1-2.[Li+].[OH-]. The zero-order chi connectivity index (χ0) is 51.0. The minimum absolute atomic E-state index is 0. The Balaban J connectivity index is 0.000000162. The van der Waals surface area contributed by atoms with Crippen LogP contribution >= 0.6 is 0 Å². The maximum absolute atomic E-state index is 13.0. The number of carboxylic acid groups (broad SMARTS) is 1. The third-order valence-electron chi connectivity index (χ3n) is 18.3. The Kier molecular flexibility index (Phi) is 12.8. The van der Waals surface area contributed by atoms with Gasteiger partial charge in [0.2, 0.25) is 0 Å². The number of esters is 1. The third-order valence-corrected chi connectivity index (χ3v) is 18.3. The Morgan fingerprint density at radius 1 is 0.640 bits per heavy atom. The number of pyridine rings is 2. The van der Waals surface area contributed by atoms with E-state index in [4.69, 9.17) is 28.8 Å². The Morgan fingerprint density at radius 2 is 1.04 bits per heavy atom. The topological polar surface area (TPSA) is 249 Å². The fourth-order valence-corrected chi connectivity index (χ4v) is 14.8. The van der Waals surface area contributed by atoms with E-state index in [1.165, 1.54) is 19.4 Å². The van der Waals surface area contributed by atoms with E-state index in [1.54, 1.807) is 26.5 Å². The molecule has 2 spiro atoms. The second-order valence-electron chi connectivity index (χ2n) is 23.0. The molecule has 0 amide bonds. The number of carbonyl (C=O) groups is 2. The van der Waals surface area contributed by atoms with E-state index in [9.17, 15) is 34.8 Å². The molecule has 0 radical (unpaired) electrons. The Hall–Kier alpha value is -6.10. The number of carboxylic acids is 1. The van der Waals surface area contributed by atoms with Crippen molar-refractivity contribution in [3.63, 3.8) is 0 Å². The summed E-state index contributed by atoms with van der Waals surface area (Å²) in [7, 11) is 5.61. The predicted molar refractivity (Wildman–Crippen MR) is 266 cm³/mol. The van der Waals surface area contributed by atoms with E-state index in [1.807, 2.05) is 15.4 Å². The van der Waals surface area contributed by atoms with Gasteiger partial charge in [-0.05, 0) is 125 Å². The van der Waals surface area contributed by atoms with Gasteiger partial charge in [0.25, 0.3) is 0 Å². The molecular formula is C56H61LiN6O12. The summed E-state index contributed by atoms with van der Waals surface area (Å²) in [4.78, 5) is 49.7. The maximum atomic E-state index is 13.0. The normalized spacial score (nSPS) is 28.0. The van der Waals surface area contributed by atoms with E-state index >= 15 is 0 Å². The minimum atomic E-state index is -1.20. The number of rotatable bonds is 12. The van der Waals surface area contributed by atoms with E-state index in [2.05, 4.69) is 40.4 Å². The molecule has 2 aromatic heterocycles. The average Bonchev–Trinajstić information content (AvgIpc) is 4.23. The summed E-state index contributed by atoms with van der Waals surface area (Å²) in [6.07, 6.45) is 17.2. The minimum Gasteiger partial charge on any atom is -0.870 e. The molecule has 19 heteroatoms. The van der Waals surface area contributed by atoms with Gasteiger partial charge < -0.3 is 39.4 Å². The van der Waals surface area contributed by atoms with Crippen molar-refractivity contribution < 1.29 is 67.8 Å². The van der Waals surface area contributed by atoms with Crippen molar-refractivity contribution in [3.8, 4) is 46.2 Å². The van der Waals surface area contributed by atoms with Crippen LogP contribution in [0.1, 0.15) is 145 Å². The maximum Gasteiger partial charge on any atom is 1.00 e. The van der Waals surface area contributed by atoms with Crippen molar-refractivity contribution in [2.24, 2.45) is 21.7 Å². The van der Waals surface area contributed by atoms with Gasteiger partial charge in [0, 0.05) is 78.9 Å². The largest absolute Gasteiger partial charge is 1.00 e. The molecule has 3 N–H and O–H groups in total. The van der Waals surface area contributed by atoms with Gasteiger partial charge in [0.15, 0.2) is 10.9 Å². The zero-order valence-corrected chi connectivity index (χ0v) is 43.2. The molecular weight excluding hydrogens is 956 g/mol. The van der Waals surface area contributed by atoms with Crippen molar-refractivity contribution in [2.45, 2.75) is 126 Å².